The number of hydrogen-bond donors (Lipinski definition) is 1. The van der Waals surface area contributed by atoms with Crippen LogP contribution in [0.5, 0.6) is 0 Å². The molecule has 35 heavy (non-hydrogen) atoms. The highest BCUT2D eigenvalue weighted by molar-refractivity contribution is 7.16. The zero-order chi connectivity index (χ0) is 24.3. The van der Waals surface area contributed by atoms with E-state index in [4.69, 9.17) is 27.9 Å². The van der Waals surface area contributed by atoms with Gasteiger partial charge in [-0.15, -0.1) is 11.3 Å². The SMILES string of the molecule is Cc1c(-c2nc(Nc3ccnn3C)ncc2Cl)sc2c1C(=O)N(Cc1cccc(Cl)c1)C21COC1. The van der Waals surface area contributed by atoms with Crippen molar-refractivity contribution in [2.75, 3.05) is 18.5 Å². The number of anilines is 2. The summed E-state index contributed by atoms with van der Waals surface area (Å²) < 4.78 is 7.33. The van der Waals surface area contributed by atoms with Crippen molar-refractivity contribution in [1.29, 1.82) is 0 Å². The fourth-order valence-electron chi connectivity index (χ4n) is 4.60. The highest BCUT2D eigenvalue weighted by Gasteiger charge is 2.57. The van der Waals surface area contributed by atoms with E-state index in [-0.39, 0.29) is 5.91 Å². The van der Waals surface area contributed by atoms with Gasteiger partial charge in [0.1, 0.15) is 17.1 Å². The molecule has 178 valence electrons. The smallest absolute Gasteiger partial charge is 0.256 e. The van der Waals surface area contributed by atoms with Gasteiger partial charge >= 0.3 is 0 Å². The summed E-state index contributed by atoms with van der Waals surface area (Å²) in [5.41, 5.74) is 2.66. The Morgan fingerprint density at radius 1 is 1.26 bits per heavy atom. The van der Waals surface area contributed by atoms with Crippen LogP contribution in [0.2, 0.25) is 10.0 Å². The first kappa shape index (κ1) is 22.5. The lowest BCUT2D eigenvalue weighted by atomic mass is 9.94. The average molecular weight is 527 g/mol. The van der Waals surface area contributed by atoms with Crippen LogP contribution in [0, 0.1) is 6.92 Å². The van der Waals surface area contributed by atoms with Crippen molar-refractivity contribution < 1.29 is 9.53 Å². The Bertz CT molecular complexity index is 1480. The van der Waals surface area contributed by atoms with Gasteiger partial charge in [0.2, 0.25) is 5.95 Å². The molecule has 0 aliphatic carbocycles. The quantitative estimate of drug-likeness (QED) is 0.385. The topological polar surface area (TPSA) is 85.2 Å². The fraction of sp³-hybridized carbons (Fsp3) is 0.250. The van der Waals surface area contributed by atoms with Gasteiger partial charge in [-0.2, -0.15) is 5.10 Å². The number of nitrogens with one attached hydrogen (secondary N) is 1. The lowest BCUT2D eigenvalue weighted by Gasteiger charge is -2.45. The van der Waals surface area contributed by atoms with Gasteiger partial charge in [0, 0.05) is 29.6 Å². The second kappa shape index (κ2) is 8.30. The van der Waals surface area contributed by atoms with Crippen LogP contribution >= 0.6 is 34.5 Å². The molecule has 1 N–H and O–H groups in total. The number of rotatable bonds is 5. The minimum absolute atomic E-state index is 0.0123. The van der Waals surface area contributed by atoms with Crippen LogP contribution in [-0.2, 0) is 23.9 Å². The molecule has 0 atom stereocenters. The maximum Gasteiger partial charge on any atom is 0.256 e. The lowest BCUT2D eigenvalue weighted by molar-refractivity contribution is -0.126. The molecule has 1 spiro atoms. The van der Waals surface area contributed by atoms with Gasteiger partial charge < -0.3 is 15.0 Å². The third-order valence-corrected chi connectivity index (χ3v) is 8.48. The van der Waals surface area contributed by atoms with E-state index < -0.39 is 5.54 Å². The summed E-state index contributed by atoms with van der Waals surface area (Å²) in [4.78, 5) is 26.5. The van der Waals surface area contributed by atoms with Crippen LogP contribution in [0.15, 0.2) is 42.7 Å². The Morgan fingerprint density at radius 3 is 2.77 bits per heavy atom. The summed E-state index contributed by atoms with van der Waals surface area (Å²) in [6.45, 7) is 3.32. The number of aromatic nitrogens is 4. The predicted molar refractivity (Wildman–Crippen MR) is 135 cm³/mol. The molecule has 6 rings (SSSR count). The van der Waals surface area contributed by atoms with Crippen molar-refractivity contribution in [3.8, 4) is 10.6 Å². The zero-order valence-electron chi connectivity index (χ0n) is 18.9. The van der Waals surface area contributed by atoms with Crippen molar-refractivity contribution in [1.82, 2.24) is 24.6 Å². The molecule has 0 radical (unpaired) electrons. The lowest BCUT2D eigenvalue weighted by Crippen LogP contribution is -2.56. The second-order valence-electron chi connectivity index (χ2n) is 8.66. The highest BCUT2D eigenvalue weighted by Crippen LogP contribution is 2.53. The number of halogens is 2. The molecule has 2 aliphatic heterocycles. The first-order valence-electron chi connectivity index (χ1n) is 10.9. The fourth-order valence-corrected chi connectivity index (χ4v) is 6.52. The van der Waals surface area contributed by atoms with E-state index in [2.05, 4.69) is 20.4 Å². The Hall–Kier alpha value is -2.98. The highest BCUT2D eigenvalue weighted by atomic mass is 35.5. The van der Waals surface area contributed by atoms with Gasteiger partial charge in [0.25, 0.3) is 5.91 Å². The summed E-state index contributed by atoms with van der Waals surface area (Å²) in [5.74, 6) is 1.14. The molecular weight excluding hydrogens is 507 g/mol. The van der Waals surface area contributed by atoms with Gasteiger partial charge in [-0.3, -0.25) is 9.48 Å². The van der Waals surface area contributed by atoms with Gasteiger partial charge in [0.05, 0.1) is 41.1 Å². The number of aryl methyl sites for hydroxylation is 1. The van der Waals surface area contributed by atoms with E-state index in [0.29, 0.717) is 47.0 Å². The molecule has 2 aliphatic rings. The van der Waals surface area contributed by atoms with Crippen LogP contribution in [-0.4, -0.2) is 43.8 Å². The molecule has 4 aromatic rings. The van der Waals surface area contributed by atoms with Gasteiger partial charge in [-0.25, -0.2) is 9.97 Å². The first-order chi connectivity index (χ1) is 16.9. The molecule has 0 unspecified atom stereocenters. The zero-order valence-corrected chi connectivity index (χ0v) is 21.2. The molecule has 5 heterocycles. The van der Waals surface area contributed by atoms with E-state index in [9.17, 15) is 4.79 Å². The number of ether oxygens (including phenoxy) is 1. The third kappa shape index (κ3) is 3.53. The molecule has 11 heteroatoms. The number of benzene rings is 1. The molecule has 1 aromatic carbocycles. The largest absolute Gasteiger partial charge is 0.376 e. The maximum atomic E-state index is 13.7. The molecule has 1 saturated heterocycles. The molecule has 8 nitrogen and oxygen atoms in total. The predicted octanol–water partition coefficient (Wildman–Crippen LogP) is 5.18. The normalized spacial score (nSPS) is 16.0. The van der Waals surface area contributed by atoms with Gasteiger partial charge in [-0.05, 0) is 30.2 Å². The summed E-state index contributed by atoms with van der Waals surface area (Å²) in [6, 6.07) is 9.43. The number of thiophene rings is 1. The second-order valence-corrected chi connectivity index (χ2v) is 10.5. The van der Waals surface area contributed by atoms with E-state index in [1.54, 1.807) is 28.4 Å². The molecule has 3 aromatic heterocycles. The van der Waals surface area contributed by atoms with Crippen molar-refractivity contribution in [3.05, 3.63) is 74.3 Å². The minimum atomic E-state index is -0.488. The maximum absolute atomic E-state index is 13.7. The third-order valence-electron chi connectivity index (χ3n) is 6.48. The molecule has 0 saturated carbocycles. The first-order valence-corrected chi connectivity index (χ1v) is 12.5. The van der Waals surface area contributed by atoms with Gasteiger partial charge in [0.15, 0.2) is 0 Å². The van der Waals surface area contributed by atoms with Crippen molar-refractivity contribution in [3.63, 3.8) is 0 Å². The van der Waals surface area contributed by atoms with Crippen LogP contribution in [0.1, 0.15) is 26.4 Å². The summed E-state index contributed by atoms with van der Waals surface area (Å²) in [7, 11) is 1.83. The number of fused-ring (bicyclic) bond motifs is 2. The minimum Gasteiger partial charge on any atom is -0.376 e. The molecule has 1 fully saturated rings. The van der Waals surface area contributed by atoms with Crippen LogP contribution in [0.4, 0.5) is 11.8 Å². The number of nitrogens with zero attached hydrogens (tertiary/aromatic N) is 5. The number of amides is 1. The molecule has 1 amide bonds. The van der Waals surface area contributed by atoms with Crippen LogP contribution in [0.25, 0.3) is 10.6 Å². The Morgan fingerprint density at radius 2 is 2.09 bits per heavy atom. The van der Waals surface area contributed by atoms with Gasteiger partial charge in [-0.1, -0.05) is 35.3 Å². The van der Waals surface area contributed by atoms with Crippen LogP contribution in [0.3, 0.4) is 0 Å². The monoisotopic (exact) mass is 526 g/mol. The van der Waals surface area contributed by atoms with Crippen molar-refractivity contribution in [2.45, 2.75) is 19.0 Å². The van der Waals surface area contributed by atoms with Crippen molar-refractivity contribution in [2.24, 2.45) is 7.05 Å². The van der Waals surface area contributed by atoms with Crippen LogP contribution < -0.4 is 5.32 Å². The van der Waals surface area contributed by atoms with E-state index in [1.165, 1.54) is 0 Å². The summed E-state index contributed by atoms with van der Waals surface area (Å²) in [5, 5.41) is 8.39. The standard InChI is InChI=1S/C24H20Cl2N6O2S/c1-13-18-21(24(11-34-12-24)32(22(18)33)10-14-4-3-5-15(25)8-14)35-20(13)19-16(26)9-27-23(30-19)29-17-6-7-28-31(17)2/h3-9H,10-12H2,1-2H3,(H,27,29,30). The number of carbonyl (C=O) groups excluding carboxylic acids is 1. The Kier molecular flexibility index (Phi) is 5.33. The Balaban J connectivity index is 1.38. The Labute approximate surface area is 215 Å². The van der Waals surface area contributed by atoms with Crippen molar-refractivity contribution >= 4 is 52.2 Å². The molecular formula is C24H20Cl2N6O2S. The molecule has 0 bridgehead atoms. The number of carbonyl (C=O) groups is 1. The summed E-state index contributed by atoms with van der Waals surface area (Å²) in [6.07, 6.45) is 3.26. The van der Waals surface area contributed by atoms with E-state index >= 15 is 0 Å². The summed E-state index contributed by atoms with van der Waals surface area (Å²) >= 11 is 14.3. The van der Waals surface area contributed by atoms with E-state index in [1.807, 2.05) is 49.2 Å². The van der Waals surface area contributed by atoms with E-state index in [0.717, 1.165) is 26.7 Å². The number of hydrogen-bond acceptors (Lipinski definition) is 7. The average Bonchev–Trinajstić information content (AvgIpc) is 3.43.